The third-order valence-electron chi connectivity index (χ3n) is 6.78. The molecule has 7 nitrogen and oxygen atoms in total. The molecule has 194 valence electrons. The lowest BCUT2D eigenvalue weighted by atomic mass is 9.87. The molecule has 3 heterocycles. The highest BCUT2D eigenvalue weighted by Crippen LogP contribution is 2.43. The Labute approximate surface area is 209 Å². The van der Waals surface area contributed by atoms with E-state index in [1.807, 2.05) is 52.8 Å². The Hall–Kier alpha value is -2.06. The van der Waals surface area contributed by atoms with Gasteiger partial charge in [0.05, 0.1) is 31.0 Å². The van der Waals surface area contributed by atoms with Gasteiger partial charge in [-0.15, -0.1) is 0 Å². The maximum absolute atomic E-state index is 12.2. The predicted octanol–water partition coefficient (Wildman–Crippen LogP) is 3.58. The molecule has 0 saturated carbocycles. The molecule has 3 aliphatic heterocycles. The summed E-state index contributed by atoms with van der Waals surface area (Å²) in [5, 5.41) is 13.7. The van der Waals surface area contributed by atoms with Gasteiger partial charge in [-0.25, -0.2) is 0 Å². The topological polar surface area (TPSA) is 97.4 Å². The maximum Gasteiger partial charge on any atom is 0.244 e. The van der Waals surface area contributed by atoms with Gasteiger partial charge in [-0.2, -0.15) is 0 Å². The number of allylic oxidation sites excluding steroid dienone is 3. The number of aliphatic hydroxyl groups is 1. The number of epoxide rings is 1. The molecule has 2 saturated heterocycles. The molecule has 3 aliphatic rings. The van der Waals surface area contributed by atoms with E-state index in [-0.39, 0.29) is 36.0 Å². The summed E-state index contributed by atoms with van der Waals surface area (Å²) in [6, 6.07) is -0.162. The Kier molecular flexibility index (Phi) is 9.27. The first-order valence-electron chi connectivity index (χ1n) is 12.6. The largest absolute Gasteiger partial charge is 0.387 e. The first-order valence-corrected chi connectivity index (χ1v) is 12.6. The zero-order chi connectivity index (χ0) is 25.8. The molecule has 0 unspecified atom stereocenters. The molecule has 3 rings (SSSR count). The number of nitrogens with one attached hydrogen (secondary N) is 1. The summed E-state index contributed by atoms with van der Waals surface area (Å²) in [5.41, 5.74) is 1.54. The van der Waals surface area contributed by atoms with Gasteiger partial charge in [0.2, 0.25) is 5.91 Å². The zero-order valence-corrected chi connectivity index (χ0v) is 21.8. The quantitative estimate of drug-likeness (QED) is 0.223. The van der Waals surface area contributed by atoms with Crippen LogP contribution in [0.25, 0.3) is 0 Å². The number of carbonyl (C=O) groups excluding carboxylic acids is 2. The Morgan fingerprint density at radius 3 is 2.60 bits per heavy atom. The Morgan fingerprint density at radius 2 is 1.97 bits per heavy atom. The fraction of sp³-hybridized carbons (Fsp3) is 0.643. The minimum Gasteiger partial charge on any atom is -0.387 e. The van der Waals surface area contributed by atoms with Crippen molar-refractivity contribution in [2.75, 3.05) is 6.61 Å². The van der Waals surface area contributed by atoms with E-state index in [2.05, 4.69) is 17.5 Å². The molecular weight excluding hydrogens is 446 g/mol. The van der Waals surface area contributed by atoms with Crippen molar-refractivity contribution in [2.45, 2.75) is 103 Å². The highest BCUT2D eigenvalue weighted by Gasteiger charge is 2.58. The minimum absolute atomic E-state index is 0.0627. The molecule has 0 aliphatic carbocycles. The van der Waals surface area contributed by atoms with E-state index in [0.29, 0.717) is 31.8 Å². The average molecular weight is 488 g/mol. The second-order valence-corrected chi connectivity index (χ2v) is 10.6. The van der Waals surface area contributed by atoms with Crippen LogP contribution in [0.3, 0.4) is 0 Å². The van der Waals surface area contributed by atoms with Crippen LogP contribution in [0.1, 0.15) is 60.8 Å². The molecule has 0 aromatic heterocycles. The standard InChI is InChI=1S/C28H41NO6/c1-17(2)7-12-26(31)29-23-13-19(4)24(34-21(23)6)10-8-18(3)9-11-25-27(32)28(16-33-28)15-22(35-25)14-20(5)30/h7-9,11-13,17,21-25,27,32H,10,14-16H2,1-6H3,(H,29,31)/b11-9+,12-7-,18-8-/t21-,22-,23-,24+,25-,27-,28-/m1/s1. The van der Waals surface area contributed by atoms with Crippen molar-refractivity contribution < 1.29 is 28.9 Å². The Morgan fingerprint density at radius 1 is 1.26 bits per heavy atom. The number of amides is 1. The van der Waals surface area contributed by atoms with Crippen molar-refractivity contribution in [1.29, 1.82) is 0 Å². The van der Waals surface area contributed by atoms with Gasteiger partial charge < -0.3 is 24.6 Å². The predicted molar refractivity (Wildman–Crippen MR) is 135 cm³/mol. The second-order valence-electron chi connectivity index (χ2n) is 10.6. The first kappa shape index (κ1) is 27.5. The number of Topliss-reactive ketones (excluding diaryl/α,β-unsaturated/α-hetero) is 1. The van der Waals surface area contributed by atoms with Crippen molar-refractivity contribution in [3.63, 3.8) is 0 Å². The lowest BCUT2D eigenvalue weighted by Gasteiger charge is -2.36. The lowest BCUT2D eigenvalue weighted by Crippen LogP contribution is -2.50. The number of ether oxygens (including phenoxy) is 3. The van der Waals surface area contributed by atoms with Crippen LogP contribution in [-0.2, 0) is 23.8 Å². The van der Waals surface area contributed by atoms with Crippen LogP contribution in [0.15, 0.2) is 47.6 Å². The van der Waals surface area contributed by atoms with Crippen molar-refractivity contribution >= 4 is 11.7 Å². The molecule has 2 fully saturated rings. The lowest BCUT2D eigenvalue weighted by molar-refractivity contribution is -0.143. The van der Waals surface area contributed by atoms with Gasteiger partial charge in [0.15, 0.2) is 0 Å². The van der Waals surface area contributed by atoms with Crippen LogP contribution >= 0.6 is 0 Å². The van der Waals surface area contributed by atoms with Gasteiger partial charge in [-0.05, 0) is 51.7 Å². The van der Waals surface area contributed by atoms with Crippen LogP contribution in [0, 0.1) is 5.92 Å². The number of ketones is 1. The van der Waals surface area contributed by atoms with E-state index in [1.165, 1.54) is 0 Å². The number of hydrogen-bond acceptors (Lipinski definition) is 6. The van der Waals surface area contributed by atoms with E-state index in [0.717, 1.165) is 11.1 Å². The Balaban J connectivity index is 1.56. The SMILES string of the molecule is CC(=O)C[C@@H]1C[C@@]2(CO2)[C@H](O)[C@@H](/C=C/C(C)=C\C[C@@H]2O[C@H](C)[C@H](NC(=O)/C=C\C(C)C)C=C2C)O1. The summed E-state index contributed by atoms with van der Waals surface area (Å²) in [6.07, 6.45) is 11.3. The molecule has 0 bridgehead atoms. The summed E-state index contributed by atoms with van der Waals surface area (Å²) in [4.78, 5) is 23.7. The summed E-state index contributed by atoms with van der Waals surface area (Å²) in [5.74, 6) is 0.281. The molecule has 1 spiro atoms. The van der Waals surface area contributed by atoms with E-state index in [1.54, 1.807) is 13.0 Å². The van der Waals surface area contributed by atoms with Crippen molar-refractivity contribution in [3.8, 4) is 0 Å². The molecule has 1 amide bonds. The highest BCUT2D eigenvalue weighted by atomic mass is 16.6. The number of rotatable bonds is 9. The van der Waals surface area contributed by atoms with E-state index in [4.69, 9.17) is 14.2 Å². The third kappa shape index (κ3) is 7.71. The maximum atomic E-state index is 12.2. The van der Waals surface area contributed by atoms with E-state index < -0.39 is 17.8 Å². The van der Waals surface area contributed by atoms with Gasteiger partial charge in [-0.1, -0.05) is 49.8 Å². The summed E-state index contributed by atoms with van der Waals surface area (Å²) in [7, 11) is 0. The van der Waals surface area contributed by atoms with Gasteiger partial charge in [0.1, 0.15) is 23.6 Å². The highest BCUT2D eigenvalue weighted by molar-refractivity contribution is 5.88. The zero-order valence-electron chi connectivity index (χ0n) is 21.8. The average Bonchev–Trinajstić information content (AvgIpc) is 3.54. The van der Waals surface area contributed by atoms with Crippen molar-refractivity contribution in [3.05, 3.63) is 47.6 Å². The number of hydrogen-bond donors (Lipinski definition) is 2. The molecule has 7 atom stereocenters. The monoisotopic (exact) mass is 487 g/mol. The second kappa shape index (κ2) is 11.8. The minimum atomic E-state index is -0.745. The molecule has 0 aromatic carbocycles. The molecular formula is C28H41NO6. The van der Waals surface area contributed by atoms with Crippen LogP contribution in [0.2, 0.25) is 0 Å². The van der Waals surface area contributed by atoms with Crippen LogP contribution < -0.4 is 5.32 Å². The fourth-order valence-corrected chi connectivity index (χ4v) is 4.60. The van der Waals surface area contributed by atoms with Crippen LogP contribution in [0.4, 0.5) is 0 Å². The third-order valence-corrected chi connectivity index (χ3v) is 6.78. The van der Waals surface area contributed by atoms with Gasteiger partial charge in [0, 0.05) is 12.8 Å². The van der Waals surface area contributed by atoms with Crippen molar-refractivity contribution in [1.82, 2.24) is 5.32 Å². The summed E-state index contributed by atoms with van der Waals surface area (Å²) in [6.45, 7) is 12.1. The van der Waals surface area contributed by atoms with Gasteiger partial charge >= 0.3 is 0 Å². The van der Waals surface area contributed by atoms with Crippen LogP contribution in [-0.4, -0.2) is 65.6 Å². The van der Waals surface area contributed by atoms with E-state index >= 15 is 0 Å². The smallest absolute Gasteiger partial charge is 0.244 e. The van der Waals surface area contributed by atoms with Crippen molar-refractivity contribution in [2.24, 2.45) is 5.92 Å². The summed E-state index contributed by atoms with van der Waals surface area (Å²) < 4.78 is 17.8. The van der Waals surface area contributed by atoms with Crippen LogP contribution in [0.5, 0.6) is 0 Å². The molecule has 0 aromatic rings. The summed E-state index contributed by atoms with van der Waals surface area (Å²) >= 11 is 0. The van der Waals surface area contributed by atoms with E-state index in [9.17, 15) is 14.7 Å². The Bertz CT molecular complexity index is 897. The number of carbonyl (C=O) groups is 2. The first-order chi connectivity index (χ1) is 16.5. The normalized spacial score (nSPS) is 35.7. The molecule has 0 radical (unpaired) electrons. The van der Waals surface area contributed by atoms with Gasteiger partial charge in [-0.3, -0.25) is 9.59 Å². The fourth-order valence-electron chi connectivity index (χ4n) is 4.60. The molecule has 2 N–H and O–H groups in total. The molecule has 7 heteroatoms. The number of aliphatic hydroxyl groups excluding tert-OH is 1. The molecule has 35 heavy (non-hydrogen) atoms. The van der Waals surface area contributed by atoms with Gasteiger partial charge in [0.25, 0.3) is 0 Å².